The smallest absolute Gasteiger partial charge is 0.291 e. The van der Waals surface area contributed by atoms with Crippen LogP contribution in [0.5, 0.6) is 0 Å². The van der Waals surface area contributed by atoms with Crippen molar-refractivity contribution >= 4 is 52.1 Å². The van der Waals surface area contributed by atoms with E-state index in [0.717, 1.165) is 38.4 Å². The fraction of sp³-hybridized carbons (Fsp3) is 0.261. The highest BCUT2D eigenvalue weighted by Gasteiger charge is 2.22. The number of nitrogens with zero attached hydrogens (tertiary/aromatic N) is 2. The van der Waals surface area contributed by atoms with Crippen LogP contribution in [0.25, 0.3) is 11.3 Å². The maximum atomic E-state index is 12.9. The first-order valence-electron chi connectivity index (χ1n) is 10.1. The van der Waals surface area contributed by atoms with Gasteiger partial charge in [-0.3, -0.25) is 4.79 Å². The summed E-state index contributed by atoms with van der Waals surface area (Å²) in [4.78, 5) is 17.5. The summed E-state index contributed by atoms with van der Waals surface area (Å²) in [6.07, 6.45) is 0. The summed E-state index contributed by atoms with van der Waals surface area (Å²) in [6, 6.07) is 13.9. The number of hydrogen-bond donors (Lipinski definition) is 1. The molecule has 0 saturated carbocycles. The lowest BCUT2D eigenvalue weighted by Gasteiger charge is -2.36. The van der Waals surface area contributed by atoms with Gasteiger partial charge in [-0.15, -0.1) is 0 Å². The molecule has 1 amide bonds. The molecule has 5 nitrogen and oxygen atoms in total. The lowest BCUT2D eigenvalue weighted by molar-refractivity contribution is 0.0997. The molecule has 4 rings (SSSR count). The molecule has 0 bridgehead atoms. The average Bonchev–Trinajstić information content (AvgIpc) is 3.26. The van der Waals surface area contributed by atoms with Crippen LogP contribution in [0.1, 0.15) is 17.5 Å². The number of hydrogen-bond acceptors (Lipinski definition) is 4. The number of rotatable bonds is 5. The second-order valence-electron chi connectivity index (χ2n) is 7.30. The van der Waals surface area contributed by atoms with Crippen molar-refractivity contribution in [2.75, 3.05) is 42.9 Å². The number of para-hydroxylation sites is 1. The number of halogens is 3. The largest absolute Gasteiger partial charge is 0.451 e. The molecule has 1 aliphatic rings. The van der Waals surface area contributed by atoms with Crippen molar-refractivity contribution in [3.63, 3.8) is 0 Å². The van der Waals surface area contributed by atoms with Crippen LogP contribution < -0.4 is 10.2 Å². The number of carbonyl (C=O) groups excluding carboxylic acids is 1. The molecular weight excluding hydrogens is 457 g/mol. The summed E-state index contributed by atoms with van der Waals surface area (Å²) in [5, 5.41) is 4.58. The van der Waals surface area contributed by atoms with E-state index in [-0.39, 0.29) is 11.7 Å². The Morgan fingerprint density at radius 1 is 1.00 bits per heavy atom. The fourth-order valence-electron chi connectivity index (χ4n) is 3.70. The fourth-order valence-corrected chi connectivity index (χ4v) is 4.38. The van der Waals surface area contributed by atoms with E-state index in [4.69, 9.17) is 39.2 Å². The summed E-state index contributed by atoms with van der Waals surface area (Å²) in [5.74, 6) is 0.285. The van der Waals surface area contributed by atoms with Crippen molar-refractivity contribution in [2.24, 2.45) is 0 Å². The Bertz CT molecular complexity index is 1090. The topological polar surface area (TPSA) is 48.7 Å². The Morgan fingerprint density at radius 3 is 2.52 bits per heavy atom. The standard InChI is InChI=1S/C23H22Cl3N3O2/c1-2-28-10-12-29(13-11-28)22-18(26)4-3-5-19(22)27-23(30)21-9-8-20(31-21)16-14-15(24)6-7-17(16)25/h3-9,14H,2,10-13H2,1H3,(H,27,30). The van der Waals surface area contributed by atoms with Gasteiger partial charge in [0, 0.05) is 36.8 Å². The van der Waals surface area contributed by atoms with Gasteiger partial charge in [-0.1, -0.05) is 47.8 Å². The summed E-state index contributed by atoms with van der Waals surface area (Å²) in [5.41, 5.74) is 2.12. The molecule has 0 radical (unpaired) electrons. The Kier molecular flexibility index (Phi) is 6.77. The van der Waals surface area contributed by atoms with Crippen molar-refractivity contribution in [1.82, 2.24) is 4.90 Å². The van der Waals surface area contributed by atoms with E-state index >= 15 is 0 Å². The van der Waals surface area contributed by atoms with E-state index in [9.17, 15) is 4.79 Å². The van der Waals surface area contributed by atoms with E-state index in [0.29, 0.717) is 32.1 Å². The molecule has 1 fully saturated rings. The van der Waals surface area contributed by atoms with Crippen molar-refractivity contribution in [1.29, 1.82) is 0 Å². The van der Waals surface area contributed by atoms with Gasteiger partial charge in [0.05, 0.1) is 21.4 Å². The first-order valence-corrected chi connectivity index (χ1v) is 11.2. The molecule has 162 valence electrons. The van der Waals surface area contributed by atoms with E-state index in [2.05, 4.69) is 22.0 Å². The lowest BCUT2D eigenvalue weighted by atomic mass is 10.2. The normalized spacial score (nSPS) is 14.6. The average molecular weight is 479 g/mol. The Morgan fingerprint density at radius 2 is 1.77 bits per heavy atom. The number of amides is 1. The van der Waals surface area contributed by atoms with Crippen LogP contribution in [0.3, 0.4) is 0 Å². The number of furan rings is 1. The number of carbonyl (C=O) groups is 1. The van der Waals surface area contributed by atoms with Gasteiger partial charge < -0.3 is 19.5 Å². The Labute approximate surface area is 196 Å². The first kappa shape index (κ1) is 22.0. The minimum absolute atomic E-state index is 0.174. The highest BCUT2D eigenvalue weighted by Crippen LogP contribution is 2.36. The Hall–Kier alpha value is -2.18. The SMILES string of the molecule is CCN1CCN(c2c(Cl)cccc2NC(=O)c2ccc(-c3cc(Cl)ccc3Cl)o2)CC1. The number of piperazine rings is 1. The quantitative estimate of drug-likeness (QED) is 0.467. The Balaban J connectivity index is 1.55. The predicted octanol–water partition coefficient (Wildman–Crippen LogP) is 6.30. The summed E-state index contributed by atoms with van der Waals surface area (Å²) < 4.78 is 5.78. The van der Waals surface area contributed by atoms with Crippen LogP contribution in [0.4, 0.5) is 11.4 Å². The van der Waals surface area contributed by atoms with Gasteiger partial charge in [-0.25, -0.2) is 0 Å². The van der Waals surface area contributed by atoms with Crippen molar-refractivity contribution in [3.8, 4) is 11.3 Å². The van der Waals surface area contributed by atoms with Crippen LogP contribution in [-0.2, 0) is 0 Å². The minimum Gasteiger partial charge on any atom is -0.451 e. The molecule has 1 aliphatic heterocycles. The first-order chi connectivity index (χ1) is 15.0. The highest BCUT2D eigenvalue weighted by molar-refractivity contribution is 6.35. The highest BCUT2D eigenvalue weighted by atomic mass is 35.5. The second kappa shape index (κ2) is 9.53. The molecule has 2 heterocycles. The second-order valence-corrected chi connectivity index (χ2v) is 8.55. The predicted molar refractivity (Wildman–Crippen MR) is 128 cm³/mol. The van der Waals surface area contributed by atoms with Gasteiger partial charge in [0.25, 0.3) is 5.91 Å². The molecule has 1 aromatic heterocycles. The van der Waals surface area contributed by atoms with Crippen LogP contribution in [-0.4, -0.2) is 43.5 Å². The number of benzene rings is 2. The molecule has 1 N–H and O–H groups in total. The molecule has 3 aromatic rings. The molecule has 31 heavy (non-hydrogen) atoms. The molecule has 1 saturated heterocycles. The van der Waals surface area contributed by atoms with Gasteiger partial charge >= 0.3 is 0 Å². The zero-order chi connectivity index (χ0) is 22.0. The van der Waals surface area contributed by atoms with Crippen molar-refractivity contribution < 1.29 is 9.21 Å². The van der Waals surface area contributed by atoms with E-state index in [1.165, 1.54) is 0 Å². The van der Waals surface area contributed by atoms with Gasteiger partial charge in [0.1, 0.15) is 5.76 Å². The number of anilines is 2. The van der Waals surface area contributed by atoms with Crippen LogP contribution in [0.2, 0.25) is 15.1 Å². The van der Waals surface area contributed by atoms with E-state index in [1.54, 1.807) is 30.3 Å². The van der Waals surface area contributed by atoms with Gasteiger partial charge in [0.15, 0.2) is 5.76 Å². The monoisotopic (exact) mass is 477 g/mol. The van der Waals surface area contributed by atoms with Gasteiger partial charge in [-0.05, 0) is 49.0 Å². The maximum absolute atomic E-state index is 12.9. The molecule has 8 heteroatoms. The van der Waals surface area contributed by atoms with E-state index < -0.39 is 0 Å². The number of nitrogens with one attached hydrogen (secondary N) is 1. The van der Waals surface area contributed by atoms with Crippen molar-refractivity contribution in [3.05, 3.63) is 69.4 Å². The number of likely N-dealkylation sites (N-methyl/N-ethyl adjacent to an activating group) is 1. The van der Waals surface area contributed by atoms with Crippen LogP contribution >= 0.6 is 34.8 Å². The third-order valence-electron chi connectivity index (χ3n) is 5.39. The molecular formula is C23H22Cl3N3O2. The zero-order valence-electron chi connectivity index (χ0n) is 17.0. The summed E-state index contributed by atoms with van der Waals surface area (Å²) >= 11 is 18.8. The third-order valence-corrected chi connectivity index (χ3v) is 6.26. The zero-order valence-corrected chi connectivity index (χ0v) is 19.3. The van der Waals surface area contributed by atoms with Crippen LogP contribution in [0.15, 0.2) is 52.9 Å². The lowest BCUT2D eigenvalue weighted by Crippen LogP contribution is -2.46. The minimum atomic E-state index is -0.361. The van der Waals surface area contributed by atoms with Crippen molar-refractivity contribution in [2.45, 2.75) is 6.92 Å². The van der Waals surface area contributed by atoms with Gasteiger partial charge in [0.2, 0.25) is 0 Å². The molecule has 2 aromatic carbocycles. The molecule has 0 atom stereocenters. The summed E-state index contributed by atoms with van der Waals surface area (Å²) in [7, 11) is 0. The third kappa shape index (κ3) is 4.85. The van der Waals surface area contributed by atoms with Gasteiger partial charge in [-0.2, -0.15) is 0 Å². The van der Waals surface area contributed by atoms with Crippen LogP contribution in [0, 0.1) is 0 Å². The maximum Gasteiger partial charge on any atom is 0.291 e. The summed E-state index contributed by atoms with van der Waals surface area (Å²) in [6.45, 7) is 6.79. The molecule has 0 spiro atoms. The molecule has 0 unspecified atom stereocenters. The molecule has 0 aliphatic carbocycles. The van der Waals surface area contributed by atoms with E-state index in [1.807, 2.05) is 18.2 Å².